The molecule has 0 heterocycles. The number of rotatable bonds is 1. The monoisotopic (exact) mass is 294 g/mol. The van der Waals surface area contributed by atoms with Gasteiger partial charge < -0.3 is 10.2 Å². The topological polar surface area (TPSA) is 57.5 Å². The van der Waals surface area contributed by atoms with E-state index in [1.807, 2.05) is 0 Å². The second-order valence-electron chi connectivity index (χ2n) is 8.84. The molecule has 3 fully saturated rings. The van der Waals surface area contributed by atoms with Crippen molar-refractivity contribution in [3.05, 3.63) is 0 Å². The highest BCUT2D eigenvalue weighted by Crippen LogP contribution is 2.66. The molecule has 3 saturated carbocycles. The molecular formula is C18H30O3. The molecule has 3 aliphatic rings. The Morgan fingerprint density at radius 1 is 1.14 bits per heavy atom. The van der Waals surface area contributed by atoms with E-state index in [0.717, 1.165) is 12.8 Å². The molecule has 0 spiro atoms. The molecule has 0 radical (unpaired) electrons. The first kappa shape index (κ1) is 15.5. The van der Waals surface area contributed by atoms with Gasteiger partial charge in [0.25, 0.3) is 0 Å². The standard InChI is InChI=1S/C18H30O3/c1-16(2)6-4-7-17(3)13(16)10-15(21)18(11-19)8-5-12(20)9-14(17)18/h13-15,19,21H,4-11H2,1-3H3/t13-,14+,15-,17-,18-/m1/s1. The van der Waals surface area contributed by atoms with Crippen LogP contribution >= 0.6 is 0 Å². The SMILES string of the molecule is CC1(C)CCC[C@]2(C)[C@@H]1C[C@@H](O)[C@@]1(CO)CCC(=O)C[C@@H]21. The van der Waals surface area contributed by atoms with Crippen LogP contribution in [0, 0.1) is 28.1 Å². The van der Waals surface area contributed by atoms with Gasteiger partial charge in [0, 0.05) is 18.3 Å². The van der Waals surface area contributed by atoms with Crippen LogP contribution in [0.4, 0.5) is 0 Å². The van der Waals surface area contributed by atoms with Crippen molar-refractivity contribution in [3.63, 3.8) is 0 Å². The average molecular weight is 294 g/mol. The zero-order chi connectivity index (χ0) is 15.5. The summed E-state index contributed by atoms with van der Waals surface area (Å²) in [5.41, 5.74) is -0.136. The molecule has 5 atom stereocenters. The number of hydrogen-bond acceptors (Lipinski definition) is 3. The quantitative estimate of drug-likeness (QED) is 0.782. The maximum absolute atomic E-state index is 12.1. The molecule has 0 aromatic carbocycles. The summed E-state index contributed by atoms with van der Waals surface area (Å²) in [5, 5.41) is 21.0. The van der Waals surface area contributed by atoms with Crippen molar-refractivity contribution < 1.29 is 15.0 Å². The summed E-state index contributed by atoms with van der Waals surface area (Å²) >= 11 is 0. The van der Waals surface area contributed by atoms with Crippen LogP contribution in [0.25, 0.3) is 0 Å². The summed E-state index contributed by atoms with van der Waals surface area (Å²) < 4.78 is 0. The van der Waals surface area contributed by atoms with Gasteiger partial charge in [0.2, 0.25) is 0 Å². The van der Waals surface area contributed by atoms with Crippen molar-refractivity contribution >= 4 is 5.78 Å². The van der Waals surface area contributed by atoms with E-state index in [1.165, 1.54) is 12.8 Å². The second kappa shape index (κ2) is 4.79. The van der Waals surface area contributed by atoms with Crippen molar-refractivity contribution in [1.29, 1.82) is 0 Å². The molecule has 2 N–H and O–H groups in total. The molecule has 0 aromatic heterocycles. The minimum absolute atomic E-state index is 0.0227. The molecule has 0 saturated heterocycles. The van der Waals surface area contributed by atoms with Gasteiger partial charge in [-0.3, -0.25) is 4.79 Å². The summed E-state index contributed by atoms with van der Waals surface area (Å²) in [5.74, 6) is 0.912. The van der Waals surface area contributed by atoms with E-state index in [1.54, 1.807) is 0 Å². The summed E-state index contributed by atoms with van der Waals surface area (Å²) in [7, 11) is 0. The van der Waals surface area contributed by atoms with Crippen LogP contribution in [0.15, 0.2) is 0 Å². The second-order valence-corrected chi connectivity index (χ2v) is 8.84. The van der Waals surface area contributed by atoms with Gasteiger partial charge in [-0.25, -0.2) is 0 Å². The van der Waals surface area contributed by atoms with Gasteiger partial charge in [-0.1, -0.05) is 27.2 Å². The van der Waals surface area contributed by atoms with Crippen LogP contribution in [0.3, 0.4) is 0 Å². The summed E-state index contributed by atoms with van der Waals surface area (Å²) in [6.07, 6.45) is 5.60. The molecule has 3 rings (SSSR count). The van der Waals surface area contributed by atoms with Gasteiger partial charge in [-0.15, -0.1) is 0 Å². The van der Waals surface area contributed by atoms with Gasteiger partial charge in [0.15, 0.2) is 0 Å². The molecule has 0 amide bonds. The summed E-state index contributed by atoms with van der Waals surface area (Å²) in [6.45, 7) is 6.99. The van der Waals surface area contributed by atoms with E-state index in [4.69, 9.17) is 0 Å². The molecule has 0 bridgehead atoms. The molecule has 120 valence electrons. The number of ketones is 1. The van der Waals surface area contributed by atoms with Gasteiger partial charge in [0.05, 0.1) is 12.7 Å². The Labute approximate surface area is 128 Å². The molecule has 3 aliphatic carbocycles. The lowest BCUT2D eigenvalue weighted by Gasteiger charge is -2.65. The first-order valence-electron chi connectivity index (χ1n) is 8.57. The zero-order valence-corrected chi connectivity index (χ0v) is 13.7. The Morgan fingerprint density at radius 2 is 1.86 bits per heavy atom. The van der Waals surface area contributed by atoms with Gasteiger partial charge >= 0.3 is 0 Å². The minimum Gasteiger partial charge on any atom is -0.396 e. The van der Waals surface area contributed by atoms with E-state index < -0.39 is 11.5 Å². The Kier molecular flexibility index (Phi) is 3.53. The van der Waals surface area contributed by atoms with E-state index in [2.05, 4.69) is 20.8 Å². The molecule has 0 unspecified atom stereocenters. The Balaban J connectivity index is 2.06. The average Bonchev–Trinajstić information content (AvgIpc) is 2.42. The number of carbonyl (C=O) groups is 1. The van der Waals surface area contributed by atoms with Crippen LogP contribution in [0.5, 0.6) is 0 Å². The molecule has 21 heavy (non-hydrogen) atoms. The van der Waals surface area contributed by atoms with Crippen LogP contribution < -0.4 is 0 Å². The van der Waals surface area contributed by atoms with Gasteiger partial charge in [0.1, 0.15) is 5.78 Å². The first-order chi connectivity index (χ1) is 9.76. The van der Waals surface area contributed by atoms with E-state index in [-0.39, 0.29) is 23.4 Å². The Hall–Kier alpha value is -0.410. The maximum Gasteiger partial charge on any atom is 0.133 e. The van der Waals surface area contributed by atoms with Crippen molar-refractivity contribution in [2.24, 2.45) is 28.1 Å². The number of aliphatic hydroxyl groups excluding tert-OH is 2. The van der Waals surface area contributed by atoms with Crippen LogP contribution in [0.2, 0.25) is 0 Å². The molecule has 3 heteroatoms. The van der Waals surface area contributed by atoms with E-state index >= 15 is 0 Å². The Morgan fingerprint density at radius 3 is 2.52 bits per heavy atom. The zero-order valence-electron chi connectivity index (χ0n) is 13.7. The number of Topliss-reactive ketones (excluding diaryl/α,β-unsaturated/α-hetero) is 1. The molecule has 3 nitrogen and oxygen atoms in total. The van der Waals surface area contributed by atoms with Gasteiger partial charge in [-0.05, 0) is 48.3 Å². The lowest BCUT2D eigenvalue weighted by Crippen LogP contribution is -2.63. The smallest absolute Gasteiger partial charge is 0.133 e. The third kappa shape index (κ3) is 2.03. The fourth-order valence-electron chi connectivity index (χ4n) is 6.29. The number of fused-ring (bicyclic) bond motifs is 3. The number of hydrogen-bond donors (Lipinski definition) is 2. The van der Waals surface area contributed by atoms with Crippen molar-refractivity contribution in [1.82, 2.24) is 0 Å². The molecule has 0 aliphatic heterocycles. The van der Waals surface area contributed by atoms with Crippen molar-refractivity contribution in [2.75, 3.05) is 6.61 Å². The normalized spacial score (nSPS) is 49.4. The fraction of sp³-hybridized carbons (Fsp3) is 0.944. The summed E-state index contributed by atoms with van der Waals surface area (Å²) in [6, 6.07) is 0. The van der Waals surface area contributed by atoms with Crippen LogP contribution in [0.1, 0.15) is 65.7 Å². The van der Waals surface area contributed by atoms with Crippen molar-refractivity contribution in [3.8, 4) is 0 Å². The predicted molar refractivity (Wildman–Crippen MR) is 81.7 cm³/mol. The Bertz CT molecular complexity index is 444. The largest absolute Gasteiger partial charge is 0.396 e. The predicted octanol–water partition coefficient (Wildman–Crippen LogP) is 2.93. The highest BCUT2D eigenvalue weighted by atomic mass is 16.3. The molecule has 0 aromatic rings. The highest BCUT2D eigenvalue weighted by molar-refractivity contribution is 5.80. The maximum atomic E-state index is 12.1. The van der Waals surface area contributed by atoms with Gasteiger partial charge in [-0.2, -0.15) is 0 Å². The number of aliphatic hydroxyl groups is 2. The van der Waals surface area contributed by atoms with E-state index in [9.17, 15) is 15.0 Å². The highest BCUT2D eigenvalue weighted by Gasteiger charge is 2.63. The number of carbonyl (C=O) groups excluding carboxylic acids is 1. The van der Waals surface area contributed by atoms with Crippen LogP contribution in [-0.2, 0) is 4.79 Å². The van der Waals surface area contributed by atoms with E-state index in [0.29, 0.717) is 31.0 Å². The fourth-order valence-corrected chi connectivity index (χ4v) is 6.29. The first-order valence-corrected chi connectivity index (χ1v) is 8.57. The van der Waals surface area contributed by atoms with Crippen molar-refractivity contribution in [2.45, 2.75) is 71.8 Å². The minimum atomic E-state index is -0.462. The van der Waals surface area contributed by atoms with Crippen LogP contribution in [-0.4, -0.2) is 28.7 Å². The summed E-state index contributed by atoms with van der Waals surface area (Å²) in [4.78, 5) is 12.1. The third-order valence-electron chi connectivity index (χ3n) is 7.48. The lowest BCUT2D eigenvalue weighted by atomic mass is 9.40. The lowest BCUT2D eigenvalue weighted by molar-refractivity contribution is -0.213. The molecular weight excluding hydrogens is 264 g/mol. The third-order valence-corrected chi connectivity index (χ3v) is 7.48.